The van der Waals surface area contributed by atoms with Crippen molar-refractivity contribution in [1.82, 2.24) is 9.78 Å². The fourth-order valence-corrected chi connectivity index (χ4v) is 3.55. The number of carbonyl (C=O) groups excluding carboxylic acids is 1. The Morgan fingerprint density at radius 2 is 2.38 bits per heavy atom. The van der Waals surface area contributed by atoms with Crippen molar-refractivity contribution in [2.75, 3.05) is 11.9 Å². The van der Waals surface area contributed by atoms with Gasteiger partial charge in [0.2, 0.25) is 5.91 Å². The van der Waals surface area contributed by atoms with E-state index in [0.717, 1.165) is 43.7 Å². The third kappa shape index (κ3) is 3.47. The summed E-state index contributed by atoms with van der Waals surface area (Å²) < 4.78 is 7.45. The van der Waals surface area contributed by atoms with E-state index >= 15 is 0 Å². The average Bonchev–Trinajstić information content (AvgIpc) is 2.99. The lowest BCUT2D eigenvalue weighted by atomic mass is 10.1. The monoisotopic (exact) mass is 345 g/mol. The number of anilines is 1. The molecule has 0 radical (unpaired) electrons. The highest BCUT2D eigenvalue weighted by Gasteiger charge is 2.44. The number of nitrogens with one attached hydrogen (secondary N) is 1. The van der Waals surface area contributed by atoms with Gasteiger partial charge in [-0.05, 0) is 42.9 Å². The van der Waals surface area contributed by atoms with Crippen molar-refractivity contribution in [2.45, 2.75) is 37.8 Å². The van der Waals surface area contributed by atoms with Crippen molar-refractivity contribution in [3.63, 3.8) is 0 Å². The van der Waals surface area contributed by atoms with Gasteiger partial charge in [0.1, 0.15) is 0 Å². The Labute approximate surface area is 145 Å². The molecule has 2 fully saturated rings. The van der Waals surface area contributed by atoms with Gasteiger partial charge in [-0.2, -0.15) is 5.10 Å². The lowest BCUT2D eigenvalue weighted by Crippen LogP contribution is -2.16. The fraction of sp³-hybridized carbons (Fsp3) is 0.444. The predicted octanol–water partition coefficient (Wildman–Crippen LogP) is 3.46. The first-order chi connectivity index (χ1) is 11.7. The van der Waals surface area contributed by atoms with Crippen LogP contribution < -0.4 is 5.32 Å². The van der Waals surface area contributed by atoms with Gasteiger partial charge in [-0.15, -0.1) is 0 Å². The summed E-state index contributed by atoms with van der Waals surface area (Å²) in [4.78, 5) is 12.4. The van der Waals surface area contributed by atoms with Crippen LogP contribution in [-0.2, 0) is 16.1 Å². The summed E-state index contributed by atoms with van der Waals surface area (Å²) in [7, 11) is 0. The molecular weight excluding hydrogens is 326 g/mol. The van der Waals surface area contributed by atoms with Crippen molar-refractivity contribution < 1.29 is 9.53 Å². The minimum Gasteiger partial charge on any atom is -0.376 e. The molecule has 1 saturated heterocycles. The van der Waals surface area contributed by atoms with E-state index in [1.165, 1.54) is 0 Å². The minimum atomic E-state index is 0.0185. The Balaban J connectivity index is 1.33. The van der Waals surface area contributed by atoms with E-state index in [4.69, 9.17) is 16.3 Å². The van der Waals surface area contributed by atoms with Crippen LogP contribution in [-0.4, -0.2) is 28.4 Å². The standard InChI is InChI=1S/C18H20ClN3O2/c19-13-4-1-3-12(7-13)16-8-17(16)18(23)21-14-9-20-22(10-14)11-15-5-2-6-24-15/h1,3-4,7,9-10,15-17H,2,5-6,8,11H2,(H,21,23)/t15-,16+,17+/m0/s1. The molecule has 3 atom stereocenters. The molecule has 1 amide bonds. The summed E-state index contributed by atoms with van der Waals surface area (Å²) in [6.45, 7) is 1.58. The number of ether oxygens (including phenoxy) is 1. The zero-order valence-corrected chi connectivity index (χ0v) is 14.1. The van der Waals surface area contributed by atoms with Crippen molar-refractivity contribution in [3.8, 4) is 0 Å². The maximum absolute atomic E-state index is 12.4. The Morgan fingerprint density at radius 1 is 1.46 bits per heavy atom. The molecule has 1 aromatic carbocycles. The summed E-state index contributed by atoms with van der Waals surface area (Å²) in [5, 5.41) is 7.99. The van der Waals surface area contributed by atoms with Crippen molar-refractivity contribution in [3.05, 3.63) is 47.2 Å². The summed E-state index contributed by atoms with van der Waals surface area (Å²) in [6, 6.07) is 7.76. The maximum Gasteiger partial charge on any atom is 0.228 e. The smallest absolute Gasteiger partial charge is 0.228 e. The van der Waals surface area contributed by atoms with Crippen molar-refractivity contribution in [2.24, 2.45) is 5.92 Å². The molecule has 1 N–H and O–H groups in total. The number of benzene rings is 1. The van der Waals surface area contributed by atoms with Gasteiger partial charge in [0.05, 0.1) is 24.5 Å². The second-order valence-corrected chi connectivity index (χ2v) is 7.02. The predicted molar refractivity (Wildman–Crippen MR) is 92.1 cm³/mol. The number of nitrogens with zero attached hydrogens (tertiary/aromatic N) is 2. The van der Waals surface area contributed by atoms with E-state index in [2.05, 4.69) is 10.4 Å². The van der Waals surface area contributed by atoms with Crippen molar-refractivity contribution in [1.29, 1.82) is 0 Å². The quantitative estimate of drug-likeness (QED) is 0.902. The number of carbonyl (C=O) groups is 1. The zero-order chi connectivity index (χ0) is 16.5. The van der Waals surface area contributed by atoms with Crippen LogP contribution in [0.1, 0.15) is 30.7 Å². The van der Waals surface area contributed by atoms with Crippen LogP contribution in [0.3, 0.4) is 0 Å². The van der Waals surface area contributed by atoms with Gasteiger partial charge < -0.3 is 10.1 Å². The zero-order valence-electron chi connectivity index (χ0n) is 13.3. The van der Waals surface area contributed by atoms with E-state index in [9.17, 15) is 4.79 Å². The van der Waals surface area contributed by atoms with Crippen molar-refractivity contribution >= 4 is 23.2 Å². The molecule has 4 rings (SSSR count). The summed E-state index contributed by atoms with van der Waals surface area (Å²) in [6.07, 6.45) is 6.87. The molecule has 5 nitrogen and oxygen atoms in total. The van der Waals surface area contributed by atoms with E-state index in [1.54, 1.807) is 6.20 Å². The molecule has 6 heteroatoms. The first-order valence-corrected chi connectivity index (χ1v) is 8.77. The number of hydrogen-bond acceptors (Lipinski definition) is 3. The highest BCUT2D eigenvalue weighted by molar-refractivity contribution is 6.30. The fourth-order valence-electron chi connectivity index (χ4n) is 3.35. The number of amides is 1. The van der Waals surface area contributed by atoms with Crippen LogP contribution in [0.25, 0.3) is 0 Å². The molecule has 1 aliphatic carbocycles. The Hall–Kier alpha value is -1.85. The van der Waals surface area contributed by atoms with Gasteiger partial charge in [0.25, 0.3) is 0 Å². The molecule has 2 aromatic rings. The van der Waals surface area contributed by atoms with Gasteiger partial charge >= 0.3 is 0 Å². The maximum atomic E-state index is 12.4. The Bertz CT molecular complexity index is 739. The second-order valence-electron chi connectivity index (χ2n) is 6.58. The van der Waals surface area contributed by atoms with Gasteiger partial charge in [-0.3, -0.25) is 9.48 Å². The molecule has 0 unspecified atom stereocenters. The minimum absolute atomic E-state index is 0.0185. The molecule has 0 bridgehead atoms. The summed E-state index contributed by atoms with van der Waals surface area (Å²) in [5.74, 6) is 0.340. The van der Waals surface area contributed by atoms with Crippen LogP contribution in [0, 0.1) is 5.92 Å². The number of aromatic nitrogens is 2. The number of hydrogen-bond donors (Lipinski definition) is 1. The normalized spacial score (nSPS) is 25.6. The number of rotatable bonds is 5. The van der Waals surface area contributed by atoms with Crippen LogP contribution in [0.15, 0.2) is 36.7 Å². The first-order valence-electron chi connectivity index (χ1n) is 8.39. The molecule has 24 heavy (non-hydrogen) atoms. The van der Waals surface area contributed by atoms with Crippen LogP contribution in [0.4, 0.5) is 5.69 Å². The van der Waals surface area contributed by atoms with Gasteiger partial charge in [-0.25, -0.2) is 0 Å². The second kappa shape index (κ2) is 6.57. The molecule has 2 aliphatic rings. The third-order valence-electron chi connectivity index (χ3n) is 4.72. The largest absolute Gasteiger partial charge is 0.376 e. The molecular formula is C18H20ClN3O2. The van der Waals surface area contributed by atoms with Crippen LogP contribution in [0.2, 0.25) is 5.02 Å². The molecule has 126 valence electrons. The summed E-state index contributed by atoms with van der Waals surface area (Å²) >= 11 is 6.02. The Morgan fingerprint density at radius 3 is 3.17 bits per heavy atom. The topological polar surface area (TPSA) is 56.2 Å². The SMILES string of the molecule is O=C(Nc1cnn(C[C@@H]2CCCO2)c1)[C@@H]1C[C@@H]1c1cccc(Cl)c1. The lowest BCUT2D eigenvalue weighted by Gasteiger charge is -2.08. The van der Waals surface area contributed by atoms with E-state index in [-0.39, 0.29) is 23.8 Å². The first kappa shape index (κ1) is 15.7. The third-order valence-corrected chi connectivity index (χ3v) is 4.95. The highest BCUT2D eigenvalue weighted by Crippen LogP contribution is 2.48. The lowest BCUT2D eigenvalue weighted by molar-refractivity contribution is -0.117. The molecule has 1 aromatic heterocycles. The highest BCUT2D eigenvalue weighted by atomic mass is 35.5. The van der Waals surface area contributed by atoms with E-state index in [0.29, 0.717) is 5.02 Å². The summed E-state index contributed by atoms with van der Waals surface area (Å²) in [5.41, 5.74) is 1.88. The molecule has 0 spiro atoms. The molecule has 1 saturated carbocycles. The van der Waals surface area contributed by atoms with E-state index < -0.39 is 0 Å². The van der Waals surface area contributed by atoms with Crippen LogP contribution >= 0.6 is 11.6 Å². The van der Waals surface area contributed by atoms with Gasteiger partial charge in [-0.1, -0.05) is 23.7 Å². The average molecular weight is 346 g/mol. The molecule has 2 heterocycles. The van der Waals surface area contributed by atoms with Gasteiger partial charge in [0, 0.05) is 23.7 Å². The van der Waals surface area contributed by atoms with E-state index in [1.807, 2.05) is 35.1 Å². The Kier molecular flexibility index (Phi) is 4.29. The number of halogens is 1. The van der Waals surface area contributed by atoms with Crippen LogP contribution in [0.5, 0.6) is 0 Å². The van der Waals surface area contributed by atoms with Gasteiger partial charge in [0.15, 0.2) is 0 Å². The molecule has 1 aliphatic heterocycles.